The van der Waals surface area contributed by atoms with E-state index in [9.17, 15) is 9.59 Å². The van der Waals surface area contributed by atoms with Gasteiger partial charge in [-0.3, -0.25) is 4.79 Å². The number of nitrogens with one attached hydrogen (secondary N) is 2. The third kappa shape index (κ3) is 5.70. The number of hydrogen-bond donors (Lipinski definition) is 2. The minimum atomic E-state index is -0.572. The SMILES string of the molecule is CCOc1ncccc1-c1ccc(OC2CC3(CNC3)C2)c(C(=O)NC2CCN(C(=O)OC(C)(C)C)C2)n1. The second-order valence-corrected chi connectivity index (χ2v) is 11.5. The van der Waals surface area contributed by atoms with Crippen LogP contribution in [-0.4, -0.2) is 77.4 Å². The number of carbonyl (C=O) groups excluding carboxylic acids is 2. The molecule has 1 unspecified atom stereocenters. The van der Waals surface area contributed by atoms with E-state index in [2.05, 4.69) is 15.6 Å². The number of likely N-dealkylation sites (tertiary alicyclic amines) is 1. The third-order valence-electron chi connectivity index (χ3n) is 7.19. The third-order valence-corrected chi connectivity index (χ3v) is 7.19. The van der Waals surface area contributed by atoms with E-state index in [0.717, 1.165) is 25.9 Å². The van der Waals surface area contributed by atoms with Gasteiger partial charge >= 0.3 is 6.09 Å². The summed E-state index contributed by atoms with van der Waals surface area (Å²) in [5.41, 5.74) is 1.27. The monoisotopic (exact) mass is 523 g/mol. The molecule has 38 heavy (non-hydrogen) atoms. The van der Waals surface area contributed by atoms with Gasteiger partial charge in [0.2, 0.25) is 5.88 Å². The van der Waals surface area contributed by atoms with Gasteiger partial charge in [0.1, 0.15) is 11.7 Å². The quantitative estimate of drug-likeness (QED) is 0.568. The first-order valence-electron chi connectivity index (χ1n) is 13.4. The summed E-state index contributed by atoms with van der Waals surface area (Å²) in [6.45, 7) is 10.8. The Bertz CT molecular complexity index is 1180. The maximum Gasteiger partial charge on any atom is 0.410 e. The lowest BCUT2D eigenvalue weighted by molar-refractivity contribution is -0.0498. The van der Waals surface area contributed by atoms with Crippen molar-refractivity contribution >= 4 is 12.0 Å². The fourth-order valence-electron chi connectivity index (χ4n) is 5.25. The highest BCUT2D eigenvalue weighted by Gasteiger charge is 2.50. The summed E-state index contributed by atoms with van der Waals surface area (Å²) < 4.78 is 17.5. The number of ether oxygens (including phenoxy) is 3. The lowest BCUT2D eigenvalue weighted by Gasteiger charge is -2.53. The first-order valence-corrected chi connectivity index (χ1v) is 13.4. The summed E-state index contributed by atoms with van der Waals surface area (Å²) in [5.74, 6) is 0.589. The molecular formula is C28H37N5O5. The van der Waals surface area contributed by atoms with E-state index >= 15 is 0 Å². The Labute approximate surface area is 223 Å². The molecule has 10 nitrogen and oxygen atoms in total. The maximum atomic E-state index is 13.6. The molecule has 3 fully saturated rings. The molecule has 2 saturated heterocycles. The van der Waals surface area contributed by atoms with Gasteiger partial charge in [0.25, 0.3) is 5.91 Å². The van der Waals surface area contributed by atoms with Crippen LogP contribution in [0.4, 0.5) is 4.79 Å². The molecule has 2 aromatic heterocycles. The van der Waals surface area contributed by atoms with Crippen molar-refractivity contribution in [1.29, 1.82) is 0 Å². The van der Waals surface area contributed by atoms with Gasteiger partial charge in [-0.05, 0) is 71.2 Å². The molecule has 10 heteroatoms. The number of hydrogen-bond acceptors (Lipinski definition) is 8. The van der Waals surface area contributed by atoms with Crippen LogP contribution in [0.25, 0.3) is 11.3 Å². The van der Waals surface area contributed by atoms with Crippen LogP contribution in [-0.2, 0) is 4.74 Å². The Morgan fingerprint density at radius 1 is 1.21 bits per heavy atom. The molecule has 0 aromatic carbocycles. The van der Waals surface area contributed by atoms with Gasteiger partial charge in [0.05, 0.1) is 17.9 Å². The molecule has 0 radical (unpaired) electrons. The van der Waals surface area contributed by atoms with Crippen molar-refractivity contribution in [3.8, 4) is 22.9 Å². The summed E-state index contributed by atoms with van der Waals surface area (Å²) in [5, 5.41) is 6.40. The molecule has 2 N–H and O–H groups in total. The van der Waals surface area contributed by atoms with Crippen molar-refractivity contribution in [3.05, 3.63) is 36.2 Å². The van der Waals surface area contributed by atoms with Crippen molar-refractivity contribution in [2.45, 2.75) is 64.7 Å². The van der Waals surface area contributed by atoms with Gasteiger partial charge in [0, 0.05) is 43.8 Å². The molecular weight excluding hydrogens is 486 g/mol. The van der Waals surface area contributed by atoms with Crippen molar-refractivity contribution in [2.75, 3.05) is 32.8 Å². The second-order valence-electron chi connectivity index (χ2n) is 11.5. The van der Waals surface area contributed by atoms with E-state index in [-0.39, 0.29) is 29.8 Å². The number of pyridine rings is 2. The molecule has 1 aliphatic carbocycles. The molecule has 4 heterocycles. The first-order chi connectivity index (χ1) is 18.1. The van der Waals surface area contributed by atoms with Crippen LogP contribution in [0.1, 0.15) is 57.4 Å². The van der Waals surface area contributed by atoms with Crippen molar-refractivity contribution in [1.82, 2.24) is 25.5 Å². The Hall–Kier alpha value is -3.40. The molecule has 204 valence electrons. The number of nitrogens with zero attached hydrogens (tertiary/aromatic N) is 3. The second kappa shape index (κ2) is 10.4. The number of carbonyl (C=O) groups is 2. The molecule has 5 rings (SSSR count). The zero-order valence-electron chi connectivity index (χ0n) is 22.6. The average molecular weight is 524 g/mol. The van der Waals surface area contributed by atoms with Gasteiger partial charge < -0.3 is 29.7 Å². The Morgan fingerprint density at radius 3 is 2.68 bits per heavy atom. The zero-order valence-corrected chi connectivity index (χ0v) is 22.6. The fourth-order valence-corrected chi connectivity index (χ4v) is 5.25. The molecule has 2 aromatic rings. The van der Waals surface area contributed by atoms with Crippen LogP contribution in [0.3, 0.4) is 0 Å². The number of amides is 2. The molecule has 1 spiro atoms. The van der Waals surface area contributed by atoms with Crippen LogP contribution in [0.5, 0.6) is 11.6 Å². The van der Waals surface area contributed by atoms with Crippen LogP contribution in [0.2, 0.25) is 0 Å². The highest BCUT2D eigenvalue weighted by molar-refractivity contribution is 5.96. The van der Waals surface area contributed by atoms with Crippen LogP contribution in [0.15, 0.2) is 30.5 Å². The molecule has 1 atom stereocenters. The summed E-state index contributed by atoms with van der Waals surface area (Å²) in [6.07, 6.45) is 3.92. The molecule has 3 aliphatic rings. The Kier molecular flexibility index (Phi) is 7.17. The average Bonchev–Trinajstić information content (AvgIpc) is 3.28. The zero-order chi connectivity index (χ0) is 26.9. The normalized spacial score (nSPS) is 20.4. The van der Waals surface area contributed by atoms with E-state index in [1.807, 2.05) is 52.0 Å². The maximum absolute atomic E-state index is 13.6. The first kappa shape index (κ1) is 26.2. The van der Waals surface area contributed by atoms with E-state index in [1.54, 1.807) is 11.1 Å². The van der Waals surface area contributed by atoms with E-state index < -0.39 is 5.60 Å². The number of aromatic nitrogens is 2. The van der Waals surface area contributed by atoms with Crippen LogP contribution < -0.4 is 20.1 Å². The predicted molar refractivity (Wildman–Crippen MR) is 141 cm³/mol. The largest absolute Gasteiger partial charge is 0.488 e. The lowest BCUT2D eigenvalue weighted by Crippen LogP contribution is -2.62. The minimum Gasteiger partial charge on any atom is -0.488 e. The molecule has 2 amide bonds. The Morgan fingerprint density at radius 2 is 2.00 bits per heavy atom. The highest BCUT2D eigenvalue weighted by Crippen LogP contribution is 2.46. The molecule has 1 saturated carbocycles. The van der Waals surface area contributed by atoms with Crippen molar-refractivity contribution < 1.29 is 23.8 Å². The predicted octanol–water partition coefficient (Wildman–Crippen LogP) is 3.41. The highest BCUT2D eigenvalue weighted by atomic mass is 16.6. The smallest absolute Gasteiger partial charge is 0.410 e. The van der Waals surface area contributed by atoms with Gasteiger partial charge in [-0.2, -0.15) is 0 Å². The fraction of sp³-hybridized carbons (Fsp3) is 0.571. The van der Waals surface area contributed by atoms with E-state index in [4.69, 9.17) is 19.2 Å². The van der Waals surface area contributed by atoms with Crippen LogP contribution in [0, 0.1) is 5.41 Å². The van der Waals surface area contributed by atoms with Gasteiger partial charge in [-0.1, -0.05) is 0 Å². The Balaban J connectivity index is 1.34. The summed E-state index contributed by atoms with van der Waals surface area (Å²) >= 11 is 0. The summed E-state index contributed by atoms with van der Waals surface area (Å²) in [6, 6.07) is 7.13. The summed E-state index contributed by atoms with van der Waals surface area (Å²) in [7, 11) is 0. The number of rotatable bonds is 7. The van der Waals surface area contributed by atoms with E-state index in [1.165, 1.54) is 0 Å². The van der Waals surface area contributed by atoms with Crippen molar-refractivity contribution in [2.24, 2.45) is 5.41 Å². The van der Waals surface area contributed by atoms with Crippen molar-refractivity contribution in [3.63, 3.8) is 0 Å². The molecule has 0 bridgehead atoms. The lowest BCUT2D eigenvalue weighted by atomic mass is 9.63. The topological polar surface area (TPSA) is 115 Å². The van der Waals surface area contributed by atoms with Crippen LogP contribution >= 0.6 is 0 Å². The minimum absolute atomic E-state index is 0.0582. The standard InChI is InChI=1S/C28H37N5O5/c1-5-36-25-20(7-6-11-30-25)21-8-9-22(37-19-13-28(14-19)16-29-17-28)23(32-21)24(34)31-18-10-12-33(15-18)26(35)38-27(2,3)4/h6-9,11,18-19,29H,5,10,12-17H2,1-4H3,(H,31,34). The van der Waals surface area contributed by atoms with Gasteiger partial charge in [-0.15, -0.1) is 0 Å². The molecule has 2 aliphatic heterocycles. The van der Waals surface area contributed by atoms with Gasteiger partial charge in [0.15, 0.2) is 11.4 Å². The van der Waals surface area contributed by atoms with E-state index in [0.29, 0.717) is 54.4 Å². The van der Waals surface area contributed by atoms with Gasteiger partial charge in [-0.25, -0.2) is 14.8 Å². The summed E-state index contributed by atoms with van der Waals surface area (Å²) in [4.78, 5) is 36.7.